The lowest BCUT2D eigenvalue weighted by atomic mass is 10.3. The summed E-state index contributed by atoms with van der Waals surface area (Å²) in [7, 11) is -4.10. The van der Waals surface area contributed by atoms with Crippen LogP contribution in [0, 0.1) is 0 Å². The normalized spacial score (nSPS) is 19.2. The summed E-state index contributed by atoms with van der Waals surface area (Å²) in [6.07, 6.45) is 4.77. The summed E-state index contributed by atoms with van der Waals surface area (Å²) < 4.78 is 28.3. The zero-order chi connectivity index (χ0) is 21.4. The van der Waals surface area contributed by atoms with Gasteiger partial charge in [0.2, 0.25) is 15.7 Å². The zero-order valence-electron chi connectivity index (χ0n) is 15.5. The molecule has 0 spiro atoms. The zero-order valence-corrected chi connectivity index (χ0v) is 18.0. The van der Waals surface area contributed by atoms with Crippen LogP contribution in [0.15, 0.2) is 67.5 Å². The number of amidine groups is 1. The predicted octanol–water partition coefficient (Wildman–Crippen LogP) is 1.11. The highest BCUT2D eigenvalue weighted by Gasteiger charge is 2.57. The third-order valence-corrected chi connectivity index (χ3v) is 7.97. The molecule has 0 radical (unpaired) electrons. The van der Waals surface area contributed by atoms with Crippen LogP contribution in [0.1, 0.15) is 23.2 Å². The lowest BCUT2D eigenvalue weighted by Gasteiger charge is -2.36. The van der Waals surface area contributed by atoms with E-state index in [4.69, 9.17) is 0 Å². The number of hydrogen-bond acceptors (Lipinski definition) is 10. The first-order chi connectivity index (χ1) is 14.4. The molecule has 1 atom stereocenters. The molecule has 0 saturated carbocycles. The number of rotatable bonds is 6. The highest BCUT2D eigenvalue weighted by molar-refractivity contribution is 7.95. The average molecular weight is 465 g/mol. The molecule has 4 heterocycles. The number of allylic oxidation sites excluding steroid dienone is 1. The second kappa shape index (κ2) is 7.66. The van der Waals surface area contributed by atoms with Crippen molar-refractivity contribution in [2.75, 3.05) is 5.01 Å². The third-order valence-electron chi connectivity index (χ3n) is 4.23. The molecule has 10 nitrogen and oxygen atoms in total. The number of sulfone groups is 1. The Morgan fingerprint density at radius 1 is 1.23 bits per heavy atom. The molecule has 0 amide bonds. The second-order valence-electron chi connectivity index (χ2n) is 6.10. The van der Waals surface area contributed by atoms with Crippen molar-refractivity contribution in [2.24, 2.45) is 5.10 Å². The molecule has 3 aromatic rings. The summed E-state index contributed by atoms with van der Waals surface area (Å²) in [5, 5.41) is 10.4. The Balaban J connectivity index is 2.05. The van der Waals surface area contributed by atoms with Crippen molar-refractivity contribution >= 4 is 38.3 Å². The number of nitrogens with zero attached hydrogens (tertiary/aromatic N) is 4. The monoisotopic (exact) mass is 464 g/mol. The molecule has 156 valence electrons. The van der Waals surface area contributed by atoms with E-state index < -0.39 is 26.1 Å². The quantitative estimate of drug-likeness (QED) is 0.559. The summed E-state index contributed by atoms with van der Waals surface area (Å²) in [5.41, 5.74) is 1.33. The van der Waals surface area contributed by atoms with Gasteiger partial charge in [0, 0.05) is 29.2 Å². The molecular formula is C17H16N6O4S3. The van der Waals surface area contributed by atoms with E-state index in [1.54, 1.807) is 29.1 Å². The molecule has 1 aliphatic heterocycles. The van der Waals surface area contributed by atoms with Crippen molar-refractivity contribution in [3.8, 4) is 0 Å². The maximum atomic E-state index is 13.6. The molecule has 1 aliphatic rings. The molecule has 4 rings (SSSR count). The number of nitrogens with one attached hydrogen (secondary N) is 2. The number of aromatic amines is 1. The Morgan fingerprint density at radius 2 is 2.07 bits per heavy atom. The first kappa shape index (κ1) is 20.3. The van der Waals surface area contributed by atoms with Crippen molar-refractivity contribution < 1.29 is 8.42 Å². The molecule has 2 N–H and O–H groups in total. The summed E-state index contributed by atoms with van der Waals surface area (Å²) in [4.78, 5) is 29.1. The van der Waals surface area contributed by atoms with Crippen LogP contribution in [-0.2, 0) is 14.8 Å². The Morgan fingerprint density at radius 3 is 2.70 bits per heavy atom. The number of thiophene rings is 1. The van der Waals surface area contributed by atoms with E-state index in [-0.39, 0.29) is 5.84 Å². The Kier molecular flexibility index (Phi) is 5.17. The van der Waals surface area contributed by atoms with E-state index in [9.17, 15) is 18.0 Å². The fraction of sp³-hybridized carbons (Fsp3) is 0.176. The van der Waals surface area contributed by atoms with Gasteiger partial charge in [-0.2, -0.15) is 5.10 Å². The van der Waals surface area contributed by atoms with Crippen LogP contribution >= 0.6 is 22.7 Å². The predicted molar refractivity (Wildman–Crippen MR) is 116 cm³/mol. The highest BCUT2D eigenvalue weighted by atomic mass is 32.2. The first-order valence-corrected chi connectivity index (χ1v) is 12.0. The van der Waals surface area contributed by atoms with E-state index >= 15 is 0 Å². The van der Waals surface area contributed by atoms with Gasteiger partial charge in [0.05, 0.1) is 4.88 Å². The molecule has 3 aromatic heterocycles. The number of thiazole rings is 1. The van der Waals surface area contributed by atoms with Gasteiger partial charge in [-0.3, -0.25) is 15.2 Å². The first-order valence-electron chi connectivity index (χ1n) is 8.73. The van der Waals surface area contributed by atoms with Gasteiger partial charge in [0.15, 0.2) is 5.01 Å². The van der Waals surface area contributed by atoms with E-state index in [0.717, 1.165) is 16.2 Å². The molecule has 0 aliphatic carbocycles. The Bertz CT molecular complexity index is 1320. The van der Waals surface area contributed by atoms with Crippen LogP contribution in [-0.4, -0.2) is 28.9 Å². The van der Waals surface area contributed by atoms with Gasteiger partial charge in [-0.25, -0.2) is 27.9 Å². The minimum Gasteiger partial charge on any atom is -0.273 e. The van der Waals surface area contributed by atoms with Gasteiger partial charge in [-0.05, 0) is 17.9 Å². The molecule has 0 fully saturated rings. The maximum absolute atomic E-state index is 13.6. The Labute approximate surface area is 178 Å². The van der Waals surface area contributed by atoms with Crippen LogP contribution in [0.2, 0.25) is 0 Å². The van der Waals surface area contributed by atoms with Gasteiger partial charge in [-0.1, -0.05) is 19.1 Å². The van der Waals surface area contributed by atoms with Crippen molar-refractivity contribution in [1.82, 2.24) is 20.1 Å². The summed E-state index contributed by atoms with van der Waals surface area (Å²) in [6, 6.07) is 4.48. The standard InChI is InChI=1S/C17H16N6O4S3/c1-2-3-11-30(26,27)17(12-5-4-9-28-12)21-20-14(15-18-7-10-29-15)23(17)22-8-6-13(24)19-16(22)25/h3-11,21H,2H2,1H3,(H,19,24,25). The minimum atomic E-state index is -4.10. The average Bonchev–Trinajstić information content (AvgIpc) is 3.46. The van der Waals surface area contributed by atoms with Gasteiger partial charge in [0.25, 0.3) is 10.6 Å². The maximum Gasteiger partial charge on any atom is 0.347 e. The van der Waals surface area contributed by atoms with Crippen LogP contribution < -0.4 is 21.7 Å². The fourth-order valence-electron chi connectivity index (χ4n) is 2.94. The molecule has 30 heavy (non-hydrogen) atoms. The van der Waals surface area contributed by atoms with Gasteiger partial charge in [0.1, 0.15) is 0 Å². The van der Waals surface area contributed by atoms with Crippen molar-refractivity contribution in [1.29, 1.82) is 0 Å². The number of hydrogen-bond donors (Lipinski definition) is 2. The second-order valence-corrected chi connectivity index (χ2v) is 9.89. The van der Waals surface area contributed by atoms with Gasteiger partial charge >= 0.3 is 5.69 Å². The summed E-state index contributed by atoms with van der Waals surface area (Å²) >= 11 is 2.42. The topological polar surface area (TPSA) is 130 Å². The van der Waals surface area contributed by atoms with E-state index in [1.807, 2.05) is 6.92 Å². The molecule has 13 heteroatoms. The number of H-pyrrole nitrogens is 1. The minimum absolute atomic E-state index is 0.126. The molecule has 0 bridgehead atoms. The number of hydrazone groups is 1. The van der Waals surface area contributed by atoms with Crippen molar-refractivity contribution in [3.05, 3.63) is 83.6 Å². The summed E-state index contributed by atoms with van der Waals surface area (Å²) in [6.45, 7) is 1.81. The third kappa shape index (κ3) is 3.11. The van der Waals surface area contributed by atoms with Gasteiger partial charge < -0.3 is 0 Å². The van der Waals surface area contributed by atoms with Crippen LogP contribution in [0.4, 0.5) is 0 Å². The molecular weight excluding hydrogens is 448 g/mol. The SMILES string of the molecule is CCC=CS(=O)(=O)C1(c2cccs2)NN=C(c2nccs2)N1n1ccc(=O)[nH]c1=O. The van der Waals surface area contributed by atoms with E-state index in [2.05, 4.69) is 20.5 Å². The van der Waals surface area contributed by atoms with Crippen LogP contribution in [0.25, 0.3) is 0 Å². The van der Waals surface area contributed by atoms with E-state index in [1.165, 1.54) is 40.0 Å². The highest BCUT2D eigenvalue weighted by Crippen LogP contribution is 2.39. The van der Waals surface area contributed by atoms with Gasteiger partial charge in [-0.15, -0.1) is 22.7 Å². The molecule has 0 saturated heterocycles. The van der Waals surface area contributed by atoms with Crippen molar-refractivity contribution in [3.63, 3.8) is 0 Å². The lowest BCUT2D eigenvalue weighted by Crippen LogP contribution is -2.63. The van der Waals surface area contributed by atoms with Crippen LogP contribution in [0.5, 0.6) is 0 Å². The van der Waals surface area contributed by atoms with Crippen LogP contribution in [0.3, 0.4) is 0 Å². The smallest absolute Gasteiger partial charge is 0.273 e. The largest absolute Gasteiger partial charge is 0.347 e. The number of aromatic nitrogens is 3. The Hall–Kier alpha value is -3.03. The molecule has 1 unspecified atom stereocenters. The fourth-order valence-corrected chi connectivity index (χ4v) is 6.38. The lowest BCUT2D eigenvalue weighted by molar-refractivity contribution is 0.436. The van der Waals surface area contributed by atoms with Crippen molar-refractivity contribution in [2.45, 2.75) is 18.3 Å². The summed E-state index contributed by atoms with van der Waals surface area (Å²) in [5.74, 6) is 0.126. The van der Waals surface area contributed by atoms with E-state index in [0.29, 0.717) is 16.3 Å². The molecule has 0 aromatic carbocycles.